The van der Waals surface area contributed by atoms with Crippen LogP contribution in [0.5, 0.6) is 0 Å². The van der Waals surface area contributed by atoms with Crippen LogP contribution < -0.4 is 0 Å². The molecule has 6 heteroatoms. The zero-order chi connectivity index (χ0) is 18.2. The molecule has 0 aromatic rings. The summed E-state index contributed by atoms with van der Waals surface area (Å²) in [5, 5.41) is 27.4. The van der Waals surface area contributed by atoms with E-state index in [4.69, 9.17) is 10.2 Å². The highest BCUT2D eigenvalue weighted by Gasteiger charge is 2.22. The Morgan fingerprint density at radius 3 is 2.00 bits per heavy atom. The molecule has 0 heterocycles. The SMILES string of the molecule is C=C(C(=O)O)C(C)C=C(C(=O)O)C(C=C(C)C(=O)O)CCCC. The fourth-order valence-corrected chi connectivity index (χ4v) is 2.04. The molecule has 2 atom stereocenters. The molecule has 0 aromatic carbocycles. The Labute approximate surface area is 135 Å². The number of aliphatic carboxylic acids is 3. The smallest absolute Gasteiger partial charge is 0.331 e. The molecule has 0 fully saturated rings. The standard InChI is InChI=1S/C17H24O6/c1-5-6-7-13(8-11(3)15(18)19)14(17(22)23)9-10(2)12(4)16(20)21/h8-10,13H,4-7H2,1-3H3,(H,18,19)(H,20,21)(H,22,23). The molecule has 0 saturated heterocycles. The van der Waals surface area contributed by atoms with E-state index in [1.165, 1.54) is 19.1 Å². The van der Waals surface area contributed by atoms with Crippen molar-refractivity contribution < 1.29 is 29.7 Å². The zero-order valence-electron chi connectivity index (χ0n) is 13.7. The first kappa shape index (κ1) is 20.6. The molecule has 23 heavy (non-hydrogen) atoms. The molecule has 0 bridgehead atoms. The summed E-state index contributed by atoms with van der Waals surface area (Å²) in [7, 11) is 0. The van der Waals surface area contributed by atoms with Gasteiger partial charge >= 0.3 is 17.9 Å². The van der Waals surface area contributed by atoms with Crippen molar-refractivity contribution in [2.75, 3.05) is 0 Å². The number of unbranched alkanes of at least 4 members (excludes halogenated alkanes) is 1. The van der Waals surface area contributed by atoms with Crippen LogP contribution in [0.1, 0.15) is 40.0 Å². The lowest BCUT2D eigenvalue weighted by atomic mass is 9.88. The first-order chi connectivity index (χ1) is 10.6. The van der Waals surface area contributed by atoms with Gasteiger partial charge in [-0.2, -0.15) is 0 Å². The van der Waals surface area contributed by atoms with E-state index in [9.17, 15) is 19.5 Å². The third-order valence-corrected chi connectivity index (χ3v) is 3.56. The van der Waals surface area contributed by atoms with Crippen LogP contribution in [0.25, 0.3) is 0 Å². The van der Waals surface area contributed by atoms with Crippen molar-refractivity contribution in [3.05, 3.63) is 35.5 Å². The largest absolute Gasteiger partial charge is 0.478 e. The summed E-state index contributed by atoms with van der Waals surface area (Å²) in [5.74, 6) is -4.75. The van der Waals surface area contributed by atoms with E-state index in [1.54, 1.807) is 6.92 Å². The lowest BCUT2D eigenvalue weighted by Gasteiger charge is -2.17. The maximum Gasteiger partial charge on any atom is 0.331 e. The molecule has 0 spiro atoms. The molecule has 0 radical (unpaired) electrons. The highest BCUT2D eigenvalue weighted by atomic mass is 16.4. The van der Waals surface area contributed by atoms with Crippen molar-refractivity contribution in [2.45, 2.75) is 40.0 Å². The molecular weight excluding hydrogens is 300 g/mol. The molecule has 3 N–H and O–H groups in total. The monoisotopic (exact) mass is 324 g/mol. The quantitative estimate of drug-likeness (QED) is 0.532. The Kier molecular flexibility index (Phi) is 8.62. The molecule has 2 unspecified atom stereocenters. The van der Waals surface area contributed by atoms with Crippen LogP contribution in [0.3, 0.4) is 0 Å². The normalized spacial score (nSPS) is 14.9. The summed E-state index contributed by atoms with van der Waals surface area (Å²) in [6.07, 6.45) is 4.79. The Balaban J connectivity index is 5.74. The van der Waals surface area contributed by atoms with Gasteiger partial charge in [0.2, 0.25) is 0 Å². The summed E-state index contributed by atoms with van der Waals surface area (Å²) in [6, 6.07) is 0. The van der Waals surface area contributed by atoms with Crippen molar-refractivity contribution in [1.29, 1.82) is 0 Å². The molecule has 0 aromatic heterocycles. The summed E-state index contributed by atoms with van der Waals surface area (Å²) >= 11 is 0. The minimum absolute atomic E-state index is 0.00560. The lowest BCUT2D eigenvalue weighted by molar-refractivity contribution is -0.134. The fraction of sp³-hybridized carbons (Fsp3) is 0.471. The predicted octanol–water partition coefficient (Wildman–Crippen LogP) is 3.11. The van der Waals surface area contributed by atoms with Gasteiger partial charge in [-0.3, -0.25) is 0 Å². The molecule has 0 saturated carbocycles. The van der Waals surface area contributed by atoms with Crippen LogP contribution >= 0.6 is 0 Å². The van der Waals surface area contributed by atoms with Crippen LogP contribution in [-0.4, -0.2) is 33.2 Å². The molecule has 0 aliphatic heterocycles. The topological polar surface area (TPSA) is 112 Å². The third kappa shape index (κ3) is 6.95. The van der Waals surface area contributed by atoms with E-state index in [1.807, 2.05) is 6.92 Å². The number of allylic oxidation sites excluding steroid dienone is 2. The van der Waals surface area contributed by atoms with E-state index < -0.39 is 29.7 Å². The average Bonchev–Trinajstić information content (AvgIpc) is 2.47. The van der Waals surface area contributed by atoms with Crippen LogP contribution in [0.4, 0.5) is 0 Å². The van der Waals surface area contributed by atoms with Crippen molar-refractivity contribution in [3.8, 4) is 0 Å². The summed E-state index contributed by atoms with van der Waals surface area (Å²) in [6.45, 7) is 8.33. The van der Waals surface area contributed by atoms with E-state index in [0.29, 0.717) is 6.42 Å². The number of rotatable bonds is 10. The summed E-state index contributed by atoms with van der Waals surface area (Å²) < 4.78 is 0. The van der Waals surface area contributed by atoms with Crippen LogP contribution in [0.15, 0.2) is 35.5 Å². The maximum absolute atomic E-state index is 11.6. The Morgan fingerprint density at radius 2 is 1.61 bits per heavy atom. The second-order valence-corrected chi connectivity index (χ2v) is 5.45. The van der Waals surface area contributed by atoms with E-state index in [-0.39, 0.29) is 16.7 Å². The first-order valence-corrected chi connectivity index (χ1v) is 7.40. The Morgan fingerprint density at radius 1 is 1.04 bits per heavy atom. The molecule has 0 amide bonds. The molecule has 0 aliphatic carbocycles. The molecule has 6 nitrogen and oxygen atoms in total. The average molecular weight is 324 g/mol. The van der Waals surface area contributed by atoms with Gasteiger partial charge in [0, 0.05) is 28.6 Å². The highest BCUT2D eigenvalue weighted by molar-refractivity contribution is 5.91. The Bertz CT molecular complexity index is 541. The van der Waals surface area contributed by atoms with Crippen LogP contribution in [0, 0.1) is 11.8 Å². The van der Waals surface area contributed by atoms with Crippen molar-refractivity contribution in [1.82, 2.24) is 0 Å². The minimum atomic E-state index is -1.19. The lowest BCUT2D eigenvalue weighted by Crippen LogP contribution is -2.16. The van der Waals surface area contributed by atoms with Crippen molar-refractivity contribution in [3.63, 3.8) is 0 Å². The fourth-order valence-electron chi connectivity index (χ4n) is 2.04. The minimum Gasteiger partial charge on any atom is -0.478 e. The maximum atomic E-state index is 11.6. The van der Waals surface area contributed by atoms with Crippen molar-refractivity contribution in [2.24, 2.45) is 11.8 Å². The first-order valence-electron chi connectivity index (χ1n) is 7.40. The van der Waals surface area contributed by atoms with Gasteiger partial charge in [0.25, 0.3) is 0 Å². The number of carboxylic acids is 3. The number of carbonyl (C=O) groups is 3. The van der Waals surface area contributed by atoms with Crippen LogP contribution in [-0.2, 0) is 14.4 Å². The molecule has 0 rings (SSSR count). The third-order valence-electron chi connectivity index (χ3n) is 3.56. The molecule has 128 valence electrons. The highest BCUT2D eigenvalue weighted by Crippen LogP contribution is 2.25. The van der Waals surface area contributed by atoms with E-state index in [0.717, 1.165) is 12.8 Å². The number of hydrogen-bond acceptors (Lipinski definition) is 3. The van der Waals surface area contributed by atoms with E-state index >= 15 is 0 Å². The summed E-state index contributed by atoms with van der Waals surface area (Å²) in [5.41, 5.74) is -0.0613. The zero-order valence-corrected chi connectivity index (χ0v) is 13.7. The Hall–Kier alpha value is -2.37. The molecular formula is C17H24O6. The van der Waals surface area contributed by atoms with E-state index in [2.05, 4.69) is 6.58 Å². The number of carboxylic acid groups (broad SMARTS) is 3. The summed E-state index contributed by atoms with van der Waals surface area (Å²) in [4.78, 5) is 33.5. The van der Waals surface area contributed by atoms with Gasteiger partial charge in [-0.1, -0.05) is 45.4 Å². The van der Waals surface area contributed by atoms with Gasteiger partial charge in [0.15, 0.2) is 0 Å². The van der Waals surface area contributed by atoms with Gasteiger partial charge in [0.1, 0.15) is 0 Å². The van der Waals surface area contributed by atoms with Gasteiger partial charge in [-0.05, 0) is 13.3 Å². The molecule has 0 aliphatic rings. The second-order valence-electron chi connectivity index (χ2n) is 5.45. The van der Waals surface area contributed by atoms with Gasteiger partial charge < -0.3 is 15.3 Å². The van der Waals surface area contributed by atoms with Gasteiger partial charge in [0.05, 0.1) is 0 Å². The van der Waals surface area contributed by atoms with Gasteiger partial charge in [-0.25, -0.2) is 14.4 Å². The second kappa shape index (κ2) is 9.61. The number of hydrogen-bond donors (Lipinski definition) is 3. The van der Waals surface area contributed by atoms with Crippen LogP contribution in [0.2, 0.25) is 0 Å². The van der Waals surface area contributed by atoms with Gasteiger partial charge in [-0.15, -0.1) is 0 Å². The van der Waals surface area contributed by atoms with Crippen molar-refractivity contribution >= 4 is 17.9 Å². The predicted molar refractivity (Wildman–Crippen MR) is 86.1 cm³/mol.